The van der Waals surface area contributed by atoms with Gasteiger partial charge in [-0.25, -0.2) is 0 Å². The van der Waals surface area contributed by atoms with Gasteiger partial charge < -0.3 is 9.94 Å². The lowest BCUT2D eigenvalue weighted by Gasteiger charge is -2.15. The molecule has 0 fully saturated rings. The minimum atomic E-state index is -0.554. The Morgan fingerprint density at radius 2 is 2.09 bits per heavy atom. The number of aliphatic hydroxyl groups is 1. The lowest BCUT2D eigenvalue weighted by atomic mass is 10.0. The second-order valence-corrected chi connectivity index (χ2v) is 3.23. The normalized spacial score (nSPS) is 11.2. The number of rotatable bonds is 6. The second-order valence-electron chi connectivity index (χ2n) is 3.23. The molecule has 3 nitrogen and oxygen atoms in total. The van der Waals surface area contributed by atoms with Crippen LogP contribution in [0.2, 0.25) is 0 Å². The zero-order valence-electron chi connectivity index (χ0n) is 7.34. The van der Waals surface area contributed by atoms with Gasteiger partial charge in [0, 0.05) is 6.72 Å². The molecule has 0 aromatic carbocycles. The van der Waals surface area contributed by atoms with Crippen molar-refractivity contribution in [2.75, 3.05) is 6.61 Å². The van der Waals surface area contributed by atoms with Gasteiger partial charge in [-0.3, -0.25) is 0 Å². The predicted octanol–water partition coefficient (Wildman–Crippen LogP) is 1.56. The molecule has 3 heteroatoms. The summed E-state index contributed by atoms with van der Waals surface area (Å²) in [5.74, 6) is 0. The Balaban J connectivity index is 3.08. The van der Waals surface area contributed by atoms with Gasteiger partial charge in [-0.2, -0.15) is 0 Å². The molecule has 0 aliphatic heterocycles. The van der Waals surface area contributed by atoms with Crippen LogP contribution in [0.5, 0.6) is 0 Å². The van der Waals surface area contributed by atoms with Crippen LogP contribution in [-0.4, -0.2) is 24.0 Å². The van der Waals surface area contributed by atoms with Crippen molar-refractivity contribution < 1.29 is 9.94 Å². The number of oxime groups is 1. The third-order valence-corrected chi connectivity index (χ3v) is 1.37. The molecule has 0 rings (SSSR count). The molecule has 0 atom stereocenters. The Morgan fingerprint density at radius 1 is 1.45 bits per heavy atom. The molecule has 0 aromatic rings. The summed E-state index contributed by atoms with van der Waals surface area (Å²) in [6, 6.07) is 0. The highest BCUT2D eigenvalue weighted by Gasteiger charge is 2.10. The topological polar surface area (TPSA) is 41.8 Å². The van der Waals surface area contributed by atoms with E-state index in [1.165, 1.54) is 0 Å². The first-order valence-electron chi connectivity index (χ1n) is 3.86. The van der Waals surface area contributed by atoms with Crippen LogP contribution < -0.4 is 0 Å². The zero-order chi connectivity index (χ0) is 8.74. The molecule has 0 amide bonds. The fraction of sp³-hybridized carbons (Fsp3) is 0.875. The van der Waals surface area contributed by atoms with Gasteiger partial charge in [-0.1, -0.05) is 0 Å². The molecule has 0 saturated carbocycles. The van der Waals surface area contributed by atoms with Gasteiger partial charge in [-0.05, 0) is 33.1 Å². The van der Waals surface area contributed by atoms with Crippen molar-refractivity contribution in [3.8, 4) is 0 Å². The Hall–Kier alpha value is -0.570. The van der Waals surface area contributed by atoms with E-state index in [1.54, 1.807) is 13.8 Å². The molecule has 0 aliphatic rings. The van der Waals surface area contributed by atoms with E-state index in [1.807, 2.05) is 0 Å². The monoisotopic (exact) mass is 159 g/mol. The van der Waals surface area contributed by atoms with Crippen LogP contribution >= 0.6 is 0 Å². The highest BCUT2D eigenvalue weighted by Crippen LogP contribution is 2.11. The van der Waals surface area contributed by atoms with E-state index in [0.717, 1.165) is 19.3 Å². The van der Waals surface area contributed by atoms with Crippen LogP contribution in [0.25, 0.3) is 0 Å². The summed E-state index contributed by atoms with van der Waals surface area (Å²) in [6.45, 7) is 7.39. The lowest BCUT2D eigenvalue weighted by Crippen LogP contribution is -2.17. The van der Waals surface area contributed by atoms with Crippen LogP contribution in [0.3, 0.4) is 0 Å². The minimum absolute atomic E-state index is 0.554. The molecular weight excluding hydrogens is 142 g/mol. The summed E-state index contributed by atoms with van der Waals surface area (Å²) in [7, 11) is 0. The Bertz CT molecular complexity index is 107. The molecular formula is C8H17NO2. The van der Waals surface area contributed by atoms with Gasteiger partial charge in [0.2, 0.25) is 0 Å². The second kappa shape index (κ2) is 5.13. The van der Waals surface area contributed by atoms with Crippen LogP contribution in [0.15, 0.2) is 5.16 Å². The predicted molar refractivity (Wildman–Crippen MR) is 45.6 cm³/mol. The van der Waals surface area contributed by atoms with E-state index >= 15 is 0 Å². The van der Waals surface area contributed by atoms with Crippen molar-refractivity contribution >= 4 is 6.72 Å². The van der Waals surface area contributed by atoms with Gasteiger partial charge in [0.1, 0.15) is 6.61 Å². The molecule has 0 unspecified atom stereocenters. The summed E-state index contributed by atoms with van der Waals surface area (Å²) in [6.07, 6.45) is 2.68. The van der Waals surface area contributed by atoms with E-state index in [9.17, 15) is 5.11 Å². The van der Waals surface area contributed by atoms with Crippen molar-refractivity contribution in [3.63, 3.8) is 0 Å². The van der Waals surface area contributed by atoms with Crippen molar-refractivity contribution in [3.05, 3.63) is 0 Å². The maximum atomic E-state index is 9.30. The molecule has 0 radical (unpaired) electrons. The SMILES string of the molecule is C=NOCCCCC(C)(C)O. The van der Waals surface area contributed by atoms with E-state index in [-0.39, 0.29) is 0 Å². The van der Waals surface area contributed by atoms with Crippen molar-refractivity contribution in [1.82, 2.24) is 0 Å². The van der Waals surface area contributed by atoms with Crippen molar-refractivity contribution in [2.45, 2.75) is 38.7 Å². The molecule has 0 saturated heterocycles. The van der Waals surface area contributed by atoms with Gasteiger partial charge >= 0.3 is 0 Å². The van der Waals surface area contributed by atoms with Crippen LogP contribution in [0.1, 0.15) is 33.1 Å². The average molecular weight is 159 g/mol. The van der Waals surface area contributed by atoms with E-state index in [4.69, 9.17) is 0 Å². The van der Waals surface area contributed by atoms with Gasteiger partial charge in [0.15, 0.2) is 0 Å². The first-order chi connectivity index (χ1) is 5.06. The average Bonchev–Trinajstić information content (AvgIpc) is 1.85. The maximum Gasteiger partial charge on any atom is 0.117 e. The molecule has 0 aromatic heterocycles. The van der Waals surface area contributed by atoms with Crippen LogP contribution in [0.4, 0.5) is 0 Å². The van der Waals surface area contributed by atoms with E-state index < -0.39 is 5.60 Å². The summed E-state index contributed by atoms with van der Waals surface area (Å²) >= 11 is 0. The number of unbranched alkanes of at least 4 members (excludes halogenated alkanes) is 1. The highest BCUT2D eigenvalue weighted by molar-refractivity contribution is 5.21. The number of nitrogens with zero attached hydrogens (tertiary/aromatic N) is 1. The third-order valence-electron chi connectivity index (χ3n) is 1.37. The fourth-order valence-corrected chi connectivity index (χ4v) is 0.789. The fourth-order valence-electron chi connectivity index (χ4n) is 0.789. The standard InChI is InChI=1S/C8H17NO2/c1-8(2,10)6-4-5-7-11-9-3/h10H,3-7H2,1-2H3. The molecule has 0 heterocycles. The third kappa shape index (κ3) is 9.43. The van der Waals surface area contributed by atoms with Gasteiger partial charge in [-0.15, -0.1) is 5.16 Å². The number of hydrogen-bond donors (Lipinski definition) is 1. The first-order valence-corrected chi connectivity index (χ1v) is 3.86. The molecule has 66 valence electrons. The quantitative estimate of drug-likeness (QED) is 0.363. The molecule has 0 spiro atoms. The Morgan fingerprint density at radius 3 is 2.55 bits per heavy atom. The summed E-state index contributed by atoms with van der Waals surface area (Å²) in [5, 5.41) is 12.6. The molecule has 1 N–H and O–H groups in total. The van der Waals surface area contributed by atoms with E-state index in [0.29, 0.717) is 6.61 Å². The van der Waals surface area contributed by atoms with Crippen molar-refractivity contribution in [2.24, 2.45) is 5.16 Å². The summed E-state index contributed by atoms with van der Waals surface area (Å²) in [4.78, 5) is 4.68. The van der Waals surface area contributed by atoms with E-state index in [2.05, 4.69) is 16.7 Å². The zero-order valence-corrected chi connectivity index (χ0v) is 7.34. The van der Waals surface area contributed by atoms with Gasteiger partial charge in [0.05, 0.1) is 5.60 Å². The molecule has 0 bridgehead atoms. The number of hydrogen-bond acceptors (Lipinski definition) is 3. The summed E-state index contributed by atoms with van der Waals surface area (Å²) < 4.78 is 0. The van der Waals surface area contributed by atoms with Crippen molar-refractivity contribution in [1.29, 1.82) is 0 Å². The highest BCUT2D eigenvalue weighted by atomic mass is 16.6. The molecule has 11 heavy (non-hydrogen) atoms. The maximum absolute atomic E-state index is 9.30. The Labute approximate surface area is 68.1 Å². The summed E-state index contributed by atoms with van der Waals surface area (Å²) in [5.41, 5.74) is -0.554. The lowest BCUT2D eigenvalue weighted by molar-refractivity contribution is 0.0635. The van der Waals surface area contributed by atoms with Crippen LogP contribution in [-0.2, 0) is 4.84 Å². The van der Waals surface area contributed by atoms with Gasteiger partial charge in [0.25, 0.3) is 0 Å². The smallest absolute Gasteiger partial charge is 0.117 e. The molecule has 0 aliphatic carbocycles. The Kier molecular flexibility index (Phi) is 4.86. The largest absolute Gasteiger partial charge is 0.396 e. The first kappa shape index (κ1) is 10.4. The van der Waals surface area contributed by atoms with Crippen LogP contribution in [0, 0.1) is 0 Å². The minimum Gasteiger partial charge on any atom is -0.396 e.